The maximum atomic E-state index is 13.1. The first-order valence-electron chi connectivity index (χ1n) is 7.82. The van der Waals surface area contributed by atoms with Crippen LogP contribution in [0, 0.1) is 5.82 Å². The van der Waals surface area contributed by atoms with E-state index in [1.807, 2.05) is 13.1 Å². The van der Waals surface area contributed by atoms with Gasteiger partial charge in [-0.05, 0) is 24.6 Å². The highest BCUT2D eigenvalue weighted by atomic mass is 19.1. The van der Waals surface area contributed by atoms with Gasteiger partial charge in [-0.3, -0.25) is 0 Å². The van der Waals surface area contributed by atoms with Gasteiger partial charge >= 0.3 is 0 Å². The Morgan fingerprint density at radius 2 is 2.09 bits per heavy atom. The van der Waals surface area contributed by atoms with E-state index in [0.29, 0.717) is 13.2 Å². The molecule has 6 heteroatoms. The van der Waals surface area contributed by atoms with Gasteiger partial charge in [0, 0.05) is 32.7 Å². The van der Waals surface area contributed by atoms with Crippen molar-refractivity contribution in [3.8, 4) is 0 Å². The summed E-state index contributed by atoms with van der Waals surface area (Å²) in [4.78, 5) is 13.0. The minimum Gasteiger partial charge on any atom is -0.370 e. The van der Waals surface area contributed by atoms with E-state index in [4.69, 9.17) is 4.74 Å². The number of hydrogen-bond donors (Lipinski definition) is 0. The molecule has 0 N–H and O–H groups in total. The maximum Gasteiger partial charge on any atom is 0.134 e. The molecule has 1 atom stereocenters. The Morgan fingerprint density at radius 1 is 1.30 bits per heavy atom. The number of halogens is 1. The molecule has 0 aliphatic carbocycles. The highest BCUT2D eigenvalue weighted by Crippen LogP contribution is 2.26. The van der Waals surface area contributed by atoms with E-state index in [1.165, 1.54) is 12.1 Å². The Hall–Kier alpha value is -2.21. The standard InChI is InChI=1S/C17H21FN4O/c1-3-21(2)16-10-17(20-12-19-16)22-8-9-23-15(11-22)13-4-6-14(18)7-5-13/h4-7,10,12,15H,3,8-9,11H2,1-2H3/t15-/m1/s1. The molecule has 1 fully saturated rings. The van der Waals surface area contributed by atoms with E-state index >= 15 is 0 Å². The number of aromatic nitrogens is 2. The molecule has 1 aromatic carbocycles. The van der Waals surface area contributed by atoms with Gasteiger partial charge in [-0.25, -0.2) is 14.4 Å². The van der Waals surface area contributed by atoms with Crippen LogP contribution in [0.25, 0.3) is 0 Å². The van der Waals surface area contributed by atoms with Crippen molar-refractivity contribution in [3.05, 3.63) is 48.0 Å². The Labute approximate surface area is 135 Å². The molecule has 1 aliphatic heterocycles. The number of ether oxygens (including phenoxy) is 1. The van der Waals surface area contributed by atoms with Crippen LogP contribution in [0.1, 0.15) is 18.6 Å². The summed E-state index contributed by atoms with van der Waals surface area (Å²) in [5.74, 6) is 1.57. The second-order valence-corrected chi connectivity index (χ2v) is 5.61. The van der Waals surface area contributed by atoms with Crippen LogP contribution in [0.15, 0.2) is 36.7 Å². The van der Waals surface area contributed by atoms with E-state index in [0.717, 1.165) is 30.3 Å². The summed E-state index contributed by atoms with van der Waals surface area (Å²) in [5.41, 5.74) is 0.982. The molecule has 1 aromatic heterocycles. The van der Waals surface area contributed by atoms with E-state index in [-0.39, 0.29) is 11.9 Å². The zero-order valence-electron chi connectivity index (χ0n) is 13.4. The van der Waals surface area contributed by atoms with Gasteiger partial charge < -0.3 is 14.5 Å². The lowest BCUT2D eigenvalue weighted by atomic mass is 10.1. The van der Waals surface area contributed by atoms with Gasteiger partial charge in [-0.2, -0.15) is 0 Å². The summed E-state index contributed by atoms with van der Waals surface area (Å²) in [6, 6.07) is 8.49. The summed E-state index contributed by atoms with van der Waals surface area (Å²) in [5, 5.41) is 0. The highest BCUT2D eigenvalue weighted by Gasteiger charge is 2.23. The number of hydrogen-bond acceptors (Lipinski definition) is 5. The normalized spacial score (nSPS) is 18.0. The third-order valence-corrected chi connectivity index (χ3v) is 4.14. The summed E-state index contributed by atoms with van der Waals surface area (Å²) in [7, 11) is 2.01. The Bertz CT molecular complexity index is 649. The maximum absolute atomic E-state index is 13.1. The molecule has 0 bridgehead atoms. The van der Waals surface area contributed by atoms with E-state index in [1.54, 1.807) is 18.5 Å². The van der Waals surface area contributed by atoms with E-state index in [9.17, 15) is 4.39 Å². The molecule has 0 amide bonds. The SMILES string of the molecule is CCN(C)c1cc(N2CCO[C@@H](c3ccc(F)cc3)C2)ncn1. The van der Waals surface area contributed by atoms with Crippen molar-refractivity contribution >= 4 is 11.6 Å². The summed E-state index contributed by atoms with van der Waals surface area (Å²) >= 11 is 0. The van der Waals surface area contributed by atoms with Gasteiger partial charge in [0.25, 0.3) is 0 Å². The fraction of sp³-hybridized carbons (Fsp3) is 0.412. The third kappa shape index (κ3) is 3.59. The molecule has 0 saturated carbocycles. The zero-order chi connectivity index (χ0) is 16.2. The van der Waals surface area contributed by atoms with Gasteiger partial charge in [0.05, 0.1) is 6.61 Å². The lowest BCUT2D eigenvalue weighted by Crippen LogP contribution is -2.39. The van der Waals surface area contributed by atoms with Crippen molar-refractivity contribution < 1.29 is 9.13 Å². The fourth-order valence-electron chi connectivity index (χ4n) is 2.62. The van der Waals surface area contributed by atoms with Crippen LogP contribution in [-0.2, 0) is 4.74 Å². The predicted octanol–water partition coefficient (Wildman–Crippen LogP) is 2.65. The third-order valence-electron chi connectivity index (χ3n) is 4.14. The van der Waals surface area contributed by atoms with Crippen molar-refractivity contribution in [2.75, 3.05) is 43.1 Å². The second-order valence-electron chi connectivity index (χ2n) is 5.61. The quantitative estimate of drug-likeness (QED) is 0.867. The van der Waals surface area contributed by atoms with Crippen molar-refractivity contribution in [1.82, 2.24) is 9.97 Å². The van der Waals surface area contributed by atoms with Crippen LogP contribution < -0.4 is 9.80 Å². The van der Waals surface area contributed by atoms with Gasteiger partial charge in [-0.15, -0.1) is 0 Å². The fourth-order valence-corrected chi connectivity index (χ4v) is 2.62. The summed E-state index contributed by atoms with van der Waals surface area (Å²) < 4.78 is 18.9. The molecular formula is C17H21FN4O. The number of rotatable bonds is 4. The van der Waals surface area contributed by atoms with Crippen LogP contribution >= 0.6 is 0 Å². The minimum absolute atomic E-state index is 0.0772. The van der Waals surface area contributed by atoms with Crippen LogP contribution in [0.2, 0.25) is 0 Å². The average Bonchev–Trinajstić information content (AvgIpc) is 2.62. The lowest BCUT2D eigenvalue weighted by Gasteiger charge is -2.34. The van der Waals surface area contributed by atoms with Crippen LogP contribution in [-0.4, -0.2) is 43.3 Å². The molecular weight excluding hydrogens is 295 g/mol. The van der Waals surface area contributed by atoms with E-state index < -0.39 is 0 Å². The monoisotopic (exact) mass is 316 g/mol. The summed E-state index contributed by atoms with van der Waals surface area (Å²) in [6.07, 6.45) is 1.52. The number of nitrogens with zero attached hydrogens (tertiary/aromatic N) is 4. The van der Waals surface area contributed by atoms with Gasteiger partial charge in [-0.1, -0.05) is 12.1 Å². The molecule has 2 aromatic rings. The first-order valence-corrected chi connectivity index (χ1v) is 7.82. The van der Waals surface area contributed by atoms with Crippen LogP contribution in [0.3, 0.4) is 0 Å². The molecule has 0 spiro atoms. The molecule has 1 aliphatic rings. The first-order chi connectivity index (χ1) is 11.2. The van der Waals surface area contributed by atoms with Crippen LogP contribution in [0.4, 0.5) is 16.0 Å². The van der Waals surface area contributed by atoms with Gasteiger partial charge in [0.15, 0.2) is 0 Å². The second kappa shape index (κ2) is 6.91. The number of anilines is 2. The Morgan fingerprint density at radius 3 is 2.83 bits per heavy atom. The van der Waals surface area contributed by atoms with Crippen molar-refractivity contribution in [3.63, 3.8) is 0 Å². The molecule has 5 nitrogen and oxygen atoms in total. The van der Waals surface area contributed by atoms with Crippen molar-refractivity contribution in [2.45, 2.75) is 13.0 Å². The van der Waals surface area contributed by atoms with Gasteiger partial charge in [0.2, 0.25) is 0 Å². The topological polar surface area (TPSA) is 41.5 Å². The number of benzene rings is 1. The molecule has 3 rings (SSSR count). The average molecular weight is 316 g/mol. The molecule has 122 valence electrons. The summed E-state index contributed by atoms with van der Waals surface area (Å²) in [6.45, 7) is 5.06. The highest BCUT2D eigenvalue weighted by molar-refractivity contribution is 5.50. The molecule has 0 radical (unpaired) electrons. The first kappa shape index (κ1) is 15.7. The zero-order valence-corrected chi connectivity index (χ0v) is 13.4. The minimum atomic E-state index is -0.232. The molecule has 2 heterocycles. The van der Waals surface area contributed by atoms with Crippen LogP contribution in [0.5, 0.6) is 0 Å². The molecule has 23 heavy (non-hydrogen) atoms. The largest absolute Gasteiger partial charge is 0.370 e. The number of morpholine rings is 1. The van der Waals surface area contributed by atoms with Crippen molar-refractivity contribution in [1.29, 1.82) is 0 Å². The predicted molar refractivity (Wildman–Crippen MR) is 88.3 cm³/mol. The lowest BCUT2D eigenvalue weighted by molar-refractivity contribution is 0.0395. The van der Waals surface area contributed by atoms with E-state index in [2.05, 4.69) is 26.7 Å². The Kier molecular flexibility index (Phi) is 4.71. The van der Waals surface area contributed by atoms with Crippen molar-refractivity contribution in [2.24, 2.45) is 0 Å². The molecule has 1 saturated heterocycles. The smallest absolute Gasteiger partial charge is 0.134 e. The Balaban J connectivity index is 1.77. The van der Waals surface area contributed by atoms with Gasteiger partial charge in [0.1, 0.15) is 29.9 Å². The molecule has 0 unspecified atom stereocenters.